The molecular weight excluding hydrogens is 1190 g/mol. The molecule has 0 bridgehead atoms. The minimum atomic E-state index is -2.25. The van der Waals surface area contributed by atoms with Crippen molar-refractivity contribution in [1.82, 2.24) is 0 Å². The first kappa shape index (κ1) is 69.0. The van der Waals surface area contributed by atoms with E-state index >= 15 is 4.79 Å². The van der Waals surface area contributed by atoms with Crippen molar-refractivity contribution in [2.45, 2.75) is 228 Å². The van der Waals surface area contributed by atoms with Crippen LogP contribution in [0, 0.1) is 50.2 Å². The molecule has 90 heavy (non-hydrogen) atoms. The number of benzene rings is 1. The number of aliphatic carboxylic acids is 1. The van der Waals surface area contributed by atoms with Gasteiger partial charge in [-0.15, -0.1) is 0 Å². The minimum absolute atomic E-state index is 0.0251. The van der Waals surface area contributed by atoms with Gasteiger partial charge in [0.05, 0.1) is 63.4 Å². The normalized spacial score (nSPS) is 49.1. The van der Waals surface area contributed by atoms with Crippen LogP contribution < -0.4 is 4.74 Å². The van der Waals surface area contributed by atoms with E-state index in [-0.39, 0.29) is 44.9 Å². The molecule has 1 unspecified atom stereocenters. The third-order valence-corrected chi connectivity index (χ3v) is 22.8. The Morgan fingerprint density at radius 3 is 1.94 bits per heavy atom. The molecule has 10 rings (SSSR count). The van der Waals surface area contributed by atoms with E-state index < -0.39 is 223 Å². The van der Waals surface area contributed by atoms with Crippen molar-refractivity contribution in [2.75, 3.05) is 33.5 Å². The average molecular weight is 1280 g/mol. The molecule has 5 aliphatic carbocycles. The average Bonchev–Trinajstić information content (AvgIpc) is 0.721. The summed E-state index contributed by atoms with van der Waals surface area (Å²) in [5.41, 5.74) is -8.34. The molecule has 27 heteroatoms. The summed E-state index contributed by atoms with van der Waals surface area (Å²) in [6.45, 7) is 9.34. The molecule has 0 aromatic heterocycles. The smallest absolute Gasteiger partial charge is 0.331 e. The Hall–Kier alpha value is -3.89. The van der Waals surface area contributed by atoms with Crippen molar-refractivity contribution in [3.8, 4) is 5.75 Å². The molecule has 4 saturated carbocycles. The highest BCUT2D eigenvalue weighted by molar-refractivity contribution is 5.87. The van der Waals surface area contributed by atoms with Gasteiger partial charge in [-0.05, 0) is 130 Å². The van der Waals surface area contributed by atoms with Crippen molar-refractivity contribution < 1.29 is 133 Å². The zero-order chi connectivity index (χ0) is 65.7. The summed E-state index contributed by atoms with van der Waals surface area (Å²) in [6, 6.07) is 6.70. The predicted molar refractivity (Wildman–Crippen MR) is 306 cm³/mol. The fraction of sp³-hybridized carbons (Fsp3) is 0.794. The molecule has 27 nitrogen and oxygen atoms in total. The Bertz CT molecular complexity index is 2820. The first-order chi connectivity index (χ1) is 42.3. The van der Waals surface area contributed by atoms with Crippen LogP contribution in [-0.2, 0) is 57.0 Å². The van der Waals surface area contributed by atoms with E-state index in [0.29, 0.717) is 23.3 Å². The Labute approximate surface area is 521 Å². The van der Waals surface area contributed by atoms with E-state index in [0.717, 1.165) is 6.08 Å². The van der Waals surface area contributed by atoms with Crippen molar-refractivity contribution in [1.29, 1.82) is 0 Å². The van der Waals surface area contributed by atoms with E-state index in [4.69, 9.17) is 47.4 Å². The highest BCUT2D eigenvalue weighted by atomic mass is 16.8. The second-order valence-electron chi connectivity index (χ2n) is 28.4. The summed E-state index contributed by atoms with van der Waals surface area (Å²) in [5.74, 6) is -4.74. The lowest BCUT2D eigenvalue weighted by molar-refractivity contribution is -0.372. The number of carboxylic acid groups (broad SMARTS) is 1. The largest absolute Gasteiger partial charge is 0.497 e. The molecule has 1 aromatic carbocycles. The van der Waals surface area contributed by atoms with Gasteiger partial charge in [0.15, 0.2) is 31.1 Å². The number of hydrogen-bond acceptors (Lipinski definition) is 26. The van der Waals surface area contributed by atoms with Gasteiger partial charge in [-0.2, -0.15) is 0 Å². The minimum Gasteiger partial charge on any atom is -0.497 e. The van der Waals surface area contributed by atoms with Crippen LogP contribution in [0.15, 0.2) is 42.0 Å². The van der Waals surface area contributed by atoms with Crippen LogP contribution in [0.4, 0.5) is 0 Å². The number of fused-ring (bicyclic) bond motifs is 7. The maximum Gasteiger partial charge on any atom is 0.331 e. The third-order valence-electron chi connectivity index (χ3n) is 22.8. The summed E-state index contributed by atoms with van der Waals surface area (Å²) >= 11 is 0. The molecule has 14 N–H and O–H groups in total. The first-order valence-electron chi connectivity index (χ1n) is 31.2. The molecule has 9 aliphatic rings. The number of carbonyl (C=O) groups is 3. The lowest BCUT2D eigenvalue weighted by atomic mass is 9.33. The van der Waals surface area contributed by atoms with Crippen molar-refractivity contribution in [3.05, 3.63) is 47.6 Å². The van der Waals surface area contributed by atoms with Gasteiger partial charge in [0.25, 0.3) is 0 Å². The van der Waals surface area contributed by atoms with Crippen LogP contribution in [0.2, 0.25) is 0 Å². The van der Waals surface area contributed by atoms with E-state index in [1.165, 1.54) is 34.0 Å². The van der Waals surface area contributed by atoms with Gasteiger partial charge >= 0.3 is 17.9 Å². The van der Waals surface area contributed by atoms with E-state index in [1.807, 2.05) is 33.8 Å². The lowest BCUT2D eigenvalue weighted by Crippen LogP contribution is -2.71. The van der Waals surface area contributed by atoms with Crippen LogP contribution in [0.3, 0.4) is 0 Å². The van der Waals surface area contributed by atoms with Gasteiger partial charge in [-0.25, -0.2) is 4.79 Å². The molecule has 0 spiro atoms. The van der Waals surface area contributed by atoms with Crippen LogP contribution in [-0.4, -0.2) is 251 Å². The number of aliphatic hydroxyl groups is 13. The van der Waals surface area contributed by atoms with Crippen LogP contribution in [0.1, 0.15) is 105 Å². The summed E-state index contributed by atoms with van der Waals surface area (Å²) < 4.78 is 60.7. The number of ether oxygens (including phenoxy) is 10. The number of carbonyl (C=O) groups excluding carboxylic acids is 2. The number of esters is 2. The SMILES string of the molecule is COc1ccc(/C=C\C(=O)O[C@@H]2[C@H](O[C@@H]3OC[C@](O)(CO)[C@H]3O)[C@@H](O[C@@H]3O[C@@H](C)[C@H](O)[C@@H](O)[C@H]3O)[C@H](OC(=O)[C@@]34CC[C@]5(CO)C(=CC[C@@H]6[C@@]7(C)C[C@H](O)[C@H](O[C@@H]8O[C@H](CO)[C@@H](O)[C@H](O)[C@H]8O)[C@@](C)(C(=O)O)C7CC[C@]65C)[C@@H]3CC(C)(C)C[C@H]4O)O[C@@H]2C)cc1. The number of allylic oxidation sites excluding steroid dienone is 1. The van der Waals surface area contributed by atoms with Gasteiger partial charge in [-0.3, -0.25) is 9.59 Å². The van der Waals surface area contributed by atoms with E-state index in [9.17, 15) is 81.1 Å². The molecule has 0 radical (unpaired) electrons. The topological polar surface area (TPSA) is 427 Å². The predicted octanol–water partition coefficient (Wildman–Crippen LogP) is -1.09. The second kappa shape index (κ2) is 25.4. The van der Waals surface area contributed by atoms with Gasteiger partial charge in [-0.1, -0.05) is 51.5 Å². The van der Waals surface area contributed by atoms with Gasteiger partial charge in [0, 0.05) is 11.5 Å². The summed E-state index contributed by atoms with van der Waals surface area (Å²) in [7, 11) is 1.50. The highest BCUT2D eigenvalue weighted by Crippen LogP contribution is 2.76. The summed E-state index contributed by atoms with van der Waals surface area (Å²) in [5, 5.41) is 157. The Kier molecular flexibility index (Phi) is 19.4. The maximum absolute atomic E-state index is 16.1. The highest BCUT2D eigenvalue weighted by Gasteiger charge is 2.75. The molecule has 4 heterocycles. The van der Waals surface area contributed by atoms with Crippen LogP contribution in [0.25, 0.3) is 6.08 Å². The fourth-order valence-electron chi connectivity index (χ4n) is 17.7. The van der Waals surface area contributed by atoms with Gasteiger partial charge in [0.1, 0.15) is 77.8 Å². The monoisotopic (exact) mass is 1280 g/mol. The van der Waals surface area contributed by atoms with Crippen LogP contribution >= 0.6 is 0 Å². The number of carboxylic acids is 1. The standard InChI is InChI=1S/C63H92O27/c1-28-40(70)42(72)44(74)51(83-28)88-48-47(87-54-49(76)62(80,26-66)27-82-54)46(86-39(69)16-11-30-9-12-31(81-8)13-10-30)29(2)84-53(48)90-56(79)63-20-19-61(25-65)32(33(63)21-57(3,4)23-38(63)68)14-15-36-58(5)22-34(67)50(60(7,55(77)78)37(58)17-18-59(36,61)6)89-52-45(75)43(73)41(71)35(24-64)85-52/h9-14,16,28-29,33-38,40-54,64-68,70-76,80H,15,17-27H2,1-8H3,(H,77,78)/b16-11-/t28-,29+,33-,34-,35+,36+,37?,38+,40-,41+,42+,43-,44+,45+,46-,47-,48+,49-,50-,51-,52-,53-,54-,58+,59+,60-,61-,62+,63-/m0/s1. The van der Waals surface area contributed by atoms with Crippen molar-refractivity contribution in [3.63, 3.8) is 0 Å². The summed E-state index contributed by atoms with van der Waals surface area (Å²) in [6.07, 6.45) is -28.2. The molecule has 4 saturated heterocycles. The fourth-order valence-corrected chi connectivity index (χ4v) is 17.7. The molecule has 0 amide bonds. The van der Waals surface area contributed by atoms with Crippen molar-refractivity contribution in [2.24, 2.45) is 50.2 Å². The van der Waals surface area contributed by atoms with Gasteiger partial charge < -0.3 is 119 Å². The van der Waals surface area contributed by atoms with E-state index in [1.54, 1.807) is 24.3 Å². The van der Waals surface area contributed by atoms with Crippen LogP contribution in [0.5, 0.6) is 5.75 Å². The zero-order valence-corrected chi connectivity index (χ0v) is 51.9. The molecule has 4 aliphatic heterocycles. The molecule has 29 atom stereocenters. The summed E-state index contributed by atoms with van der Waals surface area (Å²) in [4.78, 5) is 43.9. The Morgan fingerprint density at radius 1 is 0.678 bits per heavy atom. The molecule has 1 aromatic rings. The Balaban J connectivity index is 1.00. The number of hydrogen-bond donors (Lipinski definition) is 14. The third kappa shape index (κ3) is 11.3. The molecular formula is C63H92O27. The number of methoxy groups -OCH3 is 1. The second-order valence-corrected chi connectivity index (χ2v) is 28.4. The quantitative estimate of drug-likeness (QED) is 0.0405. The maximum atomic E-state index is 16.1. The lowest BCUT2D eigenvalue weighted by Gasteiger charge is -2.71. The molecule has 8 fully saturated rings. The number of rotatable bonds is 16. The van der Waals surface area contributed by atoms with E-state index in [2.05, 4.69) is 0 Å². The molecule has 506 valence electrons. The Morgan fingerprint density at radius 2 is 1.32 bits per heavy atom. The van der Waals surface area contributed by atoms with Gasteiger partial charge in [0.2, 0.25) is 6.29 Å². The zero-order valence-electron chi connectivity index (χ0n) is 51.9. The van der Waals surface area contributed by atoms with Crippen molar-refractivity contribution >= 4 is 24.0 Å². The number of aliphatic hydroxyl groups excluding tert-OH is 12. The first-order valence-corrected chi connectivity index (χ1v) is 31.2.